The molecule has 1 unspecified atom stereocenters. The molecule has 0 spiro atoms. The minimum Gasteiger partial charge on any atom is -0.379 e. The Morgan fingerprint density at radius 3 is 2.86 bits per heavy atom. The predicted octanol–water partition coefficient (Wildman–Crippen LogP) is 3.34. The van der Waals surface area contributed by atoms with Gasteiger partial charge in [0.1, 0.15) is 5.82 Å². The first kappa shape index (κ1) is 19.0. The van der Waals surface area contributed by atoms with Crippen LogP contribution >= 0.6 is 11.6 Å². The second kappa shape index (κ2) is 7.93. The number of carbonyl (C=O) groups excluding carboxylic acids is 1. The summed E-state index contributed by atoms with van der Waals surface area (Å²) in [6.45, 7) is 3.85. The Hall–Kier alpha value is -2.38. The molecule has 148 valence electrons. The van der Waals surface area contributed by atoms with Crippen LogP contribution < -0.4 is 16.0 Å². The van der Waals surface area contributed by atoms with E-state index in [1.54, 1.807) is 6.07 Å². The Morgan fingerprint density at radius 1 is 1.32 bits per heavy atom. The van der Waals surface area contributed by atoms with E-state index in [9.17, 15) is 4.79 Å². The van der Waals surface area contributed by atoms with Crippen molar-refractivity contribution in [3.8, 4) is 0 Å². The molecule has 1 aromatic heterocycles. The van der Waals surface area contributed by atoms with Crippen molar-refractivity contribution in [3.05, 3.63) is 40.5 Å². The number of nitrogens with zero attached hydrogens (tertiary/aromatic N) is 3. The van der Waals surface area contributed by atoms with Crippen molar-refractivity contribution < 1.29 is 9.53 Å². The lowest BCUT2D eigenvalue weighted by Gasteiger charge is -2.31. The number of benzene rings is 1. The Morgan fingerprint density at radius 2 is 2.14 bits per heavy atom. The molecule has 2 heterocycles. The minimum absolute atomic E-state index is 0.0650. The molecule has 1 saturated heterocycles. The third-order valence-electron chi connectivity index (χ3n) is 5.07. The van der Waals surface area contributed by atoms with Gasteiger partial charge in [0.2, 0.25) is 11.9 Å². The second-order valence-corrected chi connectivity index (χ2v) is 7.77. The quantitative estimate of drug-likeness (QED) is 0.816. The summed E-state index contributed by atoms with van der Waals surface area (Å²) in [4.78, 5) is 22.8. The predicted molar refractivity (Wildman–Crippen MR) is 110 cm³/mol. The molecule has 1 aliphatic carbocycles. The number of nitrogens with two attached hydrogens (primary N) is 1. The van der Waals surface area contributed by atoms with E-state index in [4.69, 9.17) is 22.1 Å². The summed E-state index contributed by atoms with van der Waals surface area (Å²) in [7, 11) is 0. The highest BCUT2D eigenvalue weighted by Gasteiger charge is 2.30. The van der Waals surface area contributed by atoms with Gasteiger partial charge < -0.3 is 20.7 Å². The topological polar surface area (TPSA) is 93.4 Å². The fraction of sp³-hybridized carbons (Fsp3) is 0.450. The van der Waals surface area contributed by atoms with Gasteiger partial charge in [-0.05, 0) is 43.9 Å². The normalized spacial score (nSPS) is 19.9. The van der Waals surface area contributed by atoms with Gasteiger partial charge in [0.25, 0.3) is 0 Å². The standard InChI is InChI=1S/C20H24ClN5O2/c1-12-9-18(25-20(22)23-12)26-7-2-8-28-11-17(26)15-6-5-14(10-16(15)21)24-19(27)13-3-4-13/h5-6,9-10,13,17H,2-4,7-8,11H2,1H3,(H,24,27)(H2,22,23,25). The molecular formula is C20H24ClN5O2. The van der Waals surface area contributed by atoms with Gasteiger partial charge in [0.05, 0.1) is 12.6 Å². The average Bonchev–Trinajstić information content (AvgIpc) is 3.48. The summed E-state index contributed by atoms with van der Waals surface area (Å²) in [6.07, 6.45) is 2.81. The van der Waals surface area contributed by atoms with Crippen LogP contribution in [0, 0.1) is 12.8 Å². The van der Waals surface area contributed by atoms with Crippen molar-refractivity contribution >= 4 is 35.0 Å². The van der Waals surface area contributed by atoms with Crippen LogP contribution in [-0.2, 0) is 9.53 Å². The van der Waals surface area contributed by atoms with Crippen LogP contribution in [0.1, 0.15) is 36.6 Å². The Kier molecular flexibility index (Phi) is 5.37. The molecule has 8 heteroatoms. The molecule has 0 radical (unpaired) electrons. The van der Waals surface area contributed by atoms with Gasteiger partial charge in [-0.15, -0.1) is 0 Å². The third-order valence-corrected chi connectivity index (χ3v) is 5.39. The van der Waals surface area contributed by atoms with Crippen molar-refractivity contribution in [2.45, 2.75) is 32.2 Å². The van der Waals surface area contributed by atoms with Gasteiger partial charge in [-0.25, -0.2) is 4.98 Å². The smallest absolute Gasteiger partial charge is 0.227 e. The number of ether oxygens (including phenoxy) is 1. The van der Waals surface area contributed by atoms with Gasteiger partial charge in [-0.1, -0.05) is 17.7 Å². The zero-order valence-corrected chi connectivity index (χ0v) is 16.6. The molecule has 1 aromatic carbocycles. The van der Waals surface area contributed by atoms with Crippen LogP contribution in [0.3, 0.4) is 0 Å². The molecule has 7 nitrogen and oxygen atoms in total. The second-order valence-electron chi connectivity index (χ2n) is 7.36. The van der Waals surface area contributed by atoms with Gasteiger partial charge in [0.15, 0.2) is 0 Å². The van der Waals surface area contributed by atoms with E-state index in [0.29, 0.717) is 23.9 Å². The monoisotopic (exact) mass is 401 g/mol. The van der Waals surface area contributed by atoms with Gasteiger partial charge in [-0.3, -0.25) is 4.79 Å². The summed E-state index contributed by atoms with van der Waals surface area (Å²) in [5.74, 6) is 1.23. The van der Waals surface area contributed by atoms with Gasteiger partial charge >= 0.3 is 0 Å². The molecule has 1 amide bonds. The maximum Gasteiger partial charge on any atom is 0.227 e. The first-order valence-electron chi connectivity index (χ1n) is 9.57. The Bertz CT molecular complexity index is 867. The van der Waals surface area contributed by atoms with E-state index in [0.717, 1.165) is 42.9 Å². The first-order valence-corrected chi connectivity index (χ1v) is 9.95. The zero-order chi connectivity index (χ0) is 19.7. The van der Waals surface area contributed by atoms with E-state index >= 15 is 0 Å². The number of aryl methyl sites for hydroxylation is 1. The molecule has 2 aliphatic rings. The van der Waals surface area contributed by atoms with Crippen LogP contribution in [0.25, 0.3) is 0 Å². The number of nitrogens with one attached hydrogen (secondary N) is 1. The molecule has 1 atom stereocenters. The number of hydrogen-bond acceptors (Lipinski definition) is 6. The molecule has 28 heavy (non-hydrogen) atoms. The van der Waals surface area contributed by atoms with Crippen molar-refractivity contribution in [1.82, 2.24) is 9.97 Å². The first-order chi connectivity index (χ1) is 13.5. The number of hydrogen-bond donors (Lipinski definition) is 2. The maximum absolute atomic E-state index is 12.0. The number of anilines is 3. The van der Waals surface area contributed by atoms with E-state index < -0.39 is 0 Å². The van der Waals surface area contributed by atoms with E-state index in [1.807, 2.05) is 25.1 Å². The highest BCUT2D eigenvalue weighted by atomic mass is 35.5. The minimum atomic E-state index is -0.100. The van der Waals surface area contributed by atoms with Crippen molar-refractivity contribution in [3.63, 3.8) is 0 Å². The lowest BCUT2D eigenvalue weighted by atomic mass is 10.0. The van der Waals surface area contributed by atoms with Crippen LogP contribution in [0.4, 0.5) is 17.5 Å². The van der Waals surface area contributed by atoms with E-state index in [2.05, 4.69) is 20.2 Å². The lowest BCUT2D eigenvalue weighted by molar-refractivity contribution is -0.117. The molecule has 2 fully saturated rings. The summed E-state index contributed by atoms with van der Waals surface area (Å²) in [5, 5.41) is 3.53. The Labute approximate surface area is 169 Å². The van der Waals surface area contributed by atoms with E-state index in [-0.39, 0.29) is 23.8 Å². The van der Waals surface area contributed by atoms with Crippen molar-refractivity contribution in [2.24, 2.45) is 5.92 Å². The highest BCUT2D eigenvalue weighted by molar-refractivity contribution is 6.31. The van der Waals surface area contributed by atoms with Crippen LogP contribution in [0.15, 0.2) is 24.3 Å². The molecule has 1 saturated carbocycles. The summed E-state index contributed by atoms with van der Waals surface area (Å²) in [5.41, 5.74) is 8.33. The molecule has 0 bridgehead atoms. The van der Waals surface area contributed by atoms with Crippen molar-refractivity contribution in [1.29, 1.82) is 0 Å². The average molecular weight is 402 g/mol. The summed E-state index contributed by atoms with van der Waals surface area (Å²) < 4.78 is 5.82. The number of rotatable bonds is 4. The highest BCUT2D eigenvalue weighted by Crippen LogP contribution is 2.35. The molecule has 1 aliphatic heterocycles. The van der Waals surface area contributed by atoms with Crippen LogP contribution in [0.5, 0.6) is 0 Å². The number of carbonyl (C=O) groups is 1. The van der Waals surface area contributed by atoms with Gasteiger partial charge in [-0.2, -0.15) is 4.98 Å². The molecular weight excluding hydrogens is 378 g/mol. The number of amides is 1. The fourth-order valence-corrected chi connectivity index (χ4v) is 3.80. The number of nitrogen functional groups attached to an aromatic ring is 1. The SMILES string of the molecule is Cc1cc(N2CCCOCC2c2ccc(NC(=O)C3CC3)cc2Cl)nc(N)n1. The summed E-state index contributed by atoms with van der Waals surface area (Å²) in [6, 6.07) is 7.47. The summed E-state index contributed by atoms with van der Waals surface area (Å²) >= 11 is 6.62. The fourth-order valence-electron chi connectivity index (χ4n) is 3.50. The molecule has 3 N–H and O–H groups in total. The maximum atomic E-state index is 12.0. The van der Waals surface area contributed by atoms with Crippen LogP contribution in [-0.4, -0.2) is 35.6 Å². The van der Waals surface area contributed by atoms with E-state index in [1.165, 1.54) is 0 Å². The van der Waals surface area contributed by atoms with Gasteiger partial charge in [0, 0.05) is 41.5 Å². The zero-order valence-electron chi connectivity index (χ0n) is 15.8. The molecule has 4 rings (SSSR count). The largest absolute Gasteiger partial charge is 0.379 e. The third kappa shape index (κ3) is 4.20. The lowest BCUT2D eigenvalue weighted by Crippen LogP contribution is -2.32. The Balaban J connectivity index is 1.63. The van der Waals surface area contributed by atoms with Crippen molar-refractivity contribution in [2.75, 3.05) is 35.7 Å². The molecule has 2 aromatic rings. The van der Waals surface area contributed by atoms with Crippen LogP contribution in [0.2, 0.25) is 5.02 Å². The number of aromatic nitrogens is 2. The number of halogens is 1.